The van der Waals surface area contributed by atoms with Crippen LogP contribution >= 0.6 is 0 Å². The standard InChI is InChI=1S/C18H20N2O8S2.2Na/c1-3-17(21)19-11-5-7-13(15(9-11)28-29(23)24)14-8-6-12(20-18(22)4-2)10-16(14)30(25,26)27;;/h5-10H,3-4H2,1-2H3,(H,19,21)(H,20,22)(H,23,24)(H,25,26,27);;/q;2*+1/p-2. The molecule has 2 aromatic rings. The molecule has 162 valence electrons. The number of benzene rings is 2. The second kappa shape index (κ2) is 13.8. The molecular weight excluding hydrogens is 482 g/mol. The van der Waals surface area contributed by atoms with Crippen molar-refractivity contribution in [2.24, 2.45) is 0 Å². The maximum absolute atomic E-state index is 11.8. The second-order valence-corrected chi connectivity index (χ2v) is 7.89. The molecule has 0 aliphatic carbocycles. The van der Waals surface area contributed by atoms with Gasteiger partial charge in [-0.3, -0.25) is 9.59 Å². The van der Waals surface area contributed by atoms with Gasteiger partial charge in [-0.15, -0.1) is 0 Å². The van der Waals surface area contributed by atoms with Crippen molar-refractivity contribution in [2.75, 3.05) is 10.6 Å². The Morgan fingerprint density at radius 3 is 1.84 bits per heavy atom. The van der Waals surface area contributed by atoms with Crippen LogP contribution in [0.5, 0.6) is 5.75 Å². The molecule has 0 bridgehead atoms. The Kier molecular flexibility index (Phi) is 13.5. The van der Waals surface area contributed by atoms with Gasteiger partial charge in [0.25, 0.3) is 0 Å². The first-order valence-electron chi connectivity index (χ1n) is 8.66. The van der Waals surface area contributed by atoms with Crippen LogP contribution in [-0.2, 0) is 31.1 Å². The van der Waals surface area contributed by atoms with Crippen LogP contribution in [-0.4, -0.2) is 33.5 Å². The van der Waals surface area contributed by atoms with Gasteiger partial charge in [0.05, 0.1) is 4.90 Å². The summed E-state index contributed by atoms with van der Waals surface area (Å²) >= 11 is -3.01. The quantitative estimate of drug-likeness (QED) is 0.211. The van der Waals surface area contributed by atoms with Gasteiger partial charge in [0.2, 0.25) is 11.8 Å². The minimum atomic E-state index is -5.01. The van der Waals surface area contributed by atoms with Crippen LogP contribution in [0.3, 0.4) is 0 Å². The maximum atomic E-state index is 11.8. The zero-order chi connectivity index (χ0) is 22.5. The van der Waals surface area contributed by atoms with E-state index in [1.54, 1.807) is 13.8 Å². The van der Waals surface area contributed by atoms with E-state index < -0.39 is 32.3 Å². The van der Waals surface area contributed by atoms with Crippen molar-refractivity contribution in [3.8, 4) is 16.9 Å². The molecule has 0 aromatic heterocycles. The molecule has 32 heavy (non-hydrogen) atoms. The smallest absolute Gasteiger partial charge is 0.744 e. The molecule has 0 heterocycles. The number of amides is 2. The van der Waals surface area contributed by atoms with Gasteiger partial charge in [-0.05, 0) is 24.3 Å². The van der Waals surface area contributed by atoms with E-state index in [0.717, 1.165) is 6.07 Å². The van der Waals surface area contributed by atoms with E-state index in [2.05, 4.69) is 10.6 Å². The summed E-state index contributed by atoms with van der Waals surface area (Å²) < 4.78 is 62.4. The number of rotatable bonds is 8. The first-order valence-corrected chi connectivity index (χ1v) is 11.1. The zero-order valence-electron chi connectivity index (χ0n) is 18.0. The molecule has 0 radical (unpaired) electrons. The van der Waals surface area contributed by atoms with Crippen LogP contribution in [0.4, 0.5) is 11.4 Å². The fraction of sp³-hybridized carbons (Fsp3) is 0.222. The van der Waals surface area contributed by atoms with Gasteiger partial charge in [0, 0.05) is 41.4 Å². The van der Waals surface area contributed by atoms with E-state index in [0.29, 0.717) is 0 Å². The van der Waals surface area contributed by atoms with Crippen LogP contribution in [0, 0.1) is 0 Å². The van der Waals surface area contributed by atoms with E-state index in [4.69, 9.17) is 4.18 Å². The number of carbonyl (C=O) groups excluding carboxylic acids is 2. The Hall–Kier alpha value is -0.800. The summed E-state index contributed by atoms with van der Waals surface area (Å²) in [5.41, 5.74) is 0.149. The summed E-state index contributed by atoms with van der Waals surface area (Å²) in [6.45, 7) is 3.22. The summed E-state index contributed by atoms with van der Waals surface area (Å²) in [4.78, 5) is 22.5. The minimum absolute atomic E-state index is 0. The fourth-order valence-corrected chi connectivity index (χ4v) is 3.50. The van der Waals surface area contributed by atoms with Crippen molar-refractivity contribution in [2.45, 2.75) is 31.6 Å². The van der Waals surface area contributed by atoms with Gasteiger partial charge in [-0.25, -0.2) is 12.6 Å². The molecule has 0 aliphatic heterocycles. The van der Waals surface area contributed by atoms with Crippen molar-refractivity contribution in [3.63, 3.8) is 0 Å². The Bertz CT molecular complexity index is 1110. The third-order valence-corrected chi connectivity index (χ3v) is 5.08. The van der Waals surface area contributed by atoms with Crippen LogP contribution in [0.2, 0.25) is 0 Å². The first kappa shape index (κ1) is 31.2. The number of carbonyl (C=O) groups is 2. The number of anilines is 2. The molecule has 0 fully saturated rings. The Balaban J connectivity index is 0.00000480. The van der Waals surface area contributed by atoms with Gasteiger partial charge in [0.15, 0.2) is 0 Å². The van der Waals surface area contributed by atoms with Gasteiger partial charge in [0.1, 0.15) is 27.2 Å². The summed E-state index contributed by atoms with van der Waals surface area (Å²) in [7, 11) is -5.01. The van der Waals surface area contributed by atoms with Crippen LogP contribution < -0.4 is 73.9 Å². The molecule has 1 unspecified atom stereocenters. The normalized spacial score (nSPS) is 11.4. The molecule has 2 rings (SSSR count). The van der Waals surface area contributed by atoms with Crippen LogP contribution in [0.25, 0.3) is 11.1 Å². The van der Waals surface area contributed by atoms with E-state index in [9.17, 15) is 31.3 Å². The molecule has 14 heteroatoms. The molecule has 0 saturated heterocycles. The van der Waals surface area contributed by atoms with Gasteiger partial charge in [-0.1, -0.05) is 19.9 Å². The largest absolute Gasteiger partial charge is 1.00 e. The summed E-state index contributed by atoms with van der Waals surface area (Å²) in [6, 6.07) is 7.49. The van der Waals surface area contributed by atoms with Crippen molar-refractivity contribution >= 4 is 44.7 Å². The van der Waals surface area contributed by atoms with Gasteiger partial charge >= 0.3 is 59.1 Å². The molecule has 0 spiro atoms. The number of nitrogens with one attached hydrogen (secondary N) is 2. The third-order valence-electron chi connectivity index (χ3n) is 3.89. The average molecular weight is 500 g/mol. The molecule has 2 N–H and O–H groups in total. The summed E-state index contributed by atoms with van der Waals surface area (Å²) in [5, 5.41) is 4.97. The summed E-state index contributed by atoms with van der Waals surface area (Å²) in [5.74, 6) is -1.03. The molecule has 2 amide bonds. The maximum Gasteiger partial charge on any atom is 1.00 e. The molecular formula is C18H18N2Na2O8S2. The number of hydrogen-bond acceptors (Lipinski definition) is 8. The summed E-state index contributed by atoms with van der Waals surface area (Å²) in [6.07, 6.45) is 0.314. The van der Waals surface area contributed by atoms with Crippen molar-refractivity contribution in [1.82, 2.24) is 0 Å². The molecule has 10 nitrogen and oxygen atoms in total. The van der Waals surface area contributed by atoms with E-state index in [-0.39, 0.29) is 106 Å². The predicted octanol–water partition coefficient (Wildman–Crippen LogP) is -3.86. The van der Waals surface area contributed by atoms with Gasteiger partial charge < -0.3 is 23.9 Å². The monoisotopic (exact) mass is 500 g/mol. The van der Waals surface area contributed by atoms with Crippen LogP contribution in [0.1, 0.15) is 26.7 Å². The van der Waals surface area contributed by atoms with Gasteiger partial charge in [-0.2, -0.15) is 0 Å². The van der Waals surface area contributed by atoms with E-state index in [1.165, 1.54) is 30.3 Å². The SMILES string of the molecule is CCC(=O)Nc1ccc(-c2ccc(NC(=O)CC)cc2S(=O)(=O)[O-])c(OS(=O)[O-])c1.[Na+].[Na+]. The predicted molar refractivity (Wildman–Crippen MR) is 107 cm³/mol. The Morgan fingerprint density at radius 1 is 0.938 bits per heavy atom. The van der Waals surface area contributed by atoms with Crippen molar-refractivity contribution < 1.29 is 94.6 Å². The van der Waals surface area contributed by atoms with Crippen molar-refractivity contribution in [1.29, 1.82) is 0 Å². The molecule has 2 aromatic carbocycles. The average Bonchev–Trinajstić information content (AvgIpc) is 2.67. The van der Waals surface area contributed by atoms with Crippen LogP contribution in [0.15, 0.2) is 41.3 Å². The Morgan fingerprint density at radius 2 is 1.41 bits per heavy atom. The Labute approximate surface area is 232 Å². The second-order valence-electron chi connectivity index (χ2n) is 5.97. The van der Waals surface area contributed by atoms with E-state index in [1.807, 2.05) is 0 Å². The number of hydrogen-bond donors (Lipinski definition) is 2. The molecule has 0 saturated carbocycles. The molecule has 1 atom stereocenters. The topological polar surface area (TPSA) is 165 Å². The van der Waals surface area contributed by atoms with E-state index >= 15 is 0 Å². The first-order chi connectivity index (χ1) is 14.0. The fourth-order valence-electron chi connectivity index (χ4n) is 2.49. The third kappa shape index (κ3) is 8.86. The minimum Gasteiger partial charge on any atom is -0.744 e. The zero-order valence-corrected chi connectivity index (χ0v) is 23.6. The van der Waals surface area contributed by atoms with Crippen molar-refractivity contribution in [3.05, 3.63) is 36.4 Å². The molecule has 0 aliphatic rings.